The van der Waals surface area contributed by atoms with E-state index in [1.807, 2.05) is 0 Å². The number of benzene rings is 2. The molecule has 2 aromatic carbocycles. The Hall–Kier alpha value is -4.25. The number of hydrogen-bond acceptors (Lipinski definition) is 7. The number of nitrogens with zero attached hydrogens (tertiary/aromatic N) is 3. The summed E-state index contributed by atoms with van der Waals surface area (Å²) in [6, 6.07) is 17.0. The SMILES string of the molecule is CCOC(=O)c1ccccc1NC(=O)c1cc(Nc2cccc(C#N)c2)ncn1. The van der Waals surface area contributed by atoms with Crippen molar-refractivity contribution >= 4 is 29.1 Å². The first-order chi connectivity index (χ1) is 14.1. The lowest BCUT2D eigenvalue weighted by molar-refractivity contribution is 0.0527. The summed E-state index contributed by atoms with van der Waals surface area (Å²) in [5, 5.41) is 14.7. The van der Waals surface area contributed by atoms with Gasteiger partial charge < -0.3 is 15.4 Å². The lowest BCUT2D eigenvalue weighted by atomic mass is 10.1. The van der Waals surface area contributed by atoms with E-state index in [1.165, 1.54) is 12.4 Å². The number of aromatic nitrogens is 2. The van der Waals surface area contributed by atoms with Gasteiger partial charge in [-0.25, -0.2) is 14.8 Å². The Morgan fingerprint density at radius 2 is 1.93 bits per heavy atom. The molecule has 8 heteroatoms. The number of esters is 1. The Morgan fingerprint density at radius 1 is 1.10 bits per heavy atom. The van der Waals surface area contributed by atoms with Crippen LogP contribution in [0, 0.1) is 11.3 Å². The molecule has 0 bridgehead atoms. The number of rotatable bonds is 6. The molecule has 29 heavy (non-hydrogen) atoms. The summed E-state index contributed by atoms with van der Waals surface area (Å²) in [5.41, 5.74) is 1.84. The lowest BCUT2D eigenvalue weighted by Crippen LogP contribution is -2.17. The van der Waals surface area contributed by atoms with E-state index in [2.05, 4.69) is 26.7 Å². The van der Waals surface area contributed by atoms with Gasteiger partial charge in [0.1, 0.15) is 17.8 Å². The van der Waals surface area contributed by atoms with Crippen LogP contribution in [0.25, 0.3) is 0 Å². The fraction of sp³-hybridized carbons (Fsp3) is 0.0952. The molecule has 0 aliphatic rings. The van der Waals surface area contributed by atoms with Crippen LogP contribution >= 0.6 is 0 Å². The summed E-state index contributed by atoms with van der Waals surface area (Å²) in [4.78, 5) is 32.8. The fourth-order valence-electron chi connectivity index (χ4n) is 2.53. The van der Waals surface area contributed by atoms with Crippen molar-refractivity contribution in [3.05, 3.63) is 77.7 Å². The molecule has 0 saturated heterocycles. The van der Waals surface area contributed by atoms with Crippen molar-refractivity contribution in [1.82, 2.24) is 9.97 Å². The predicted octanol–water partition coefficient (Wildman–Crippen LogP) is 3.52. The number of nitriles is 1. The molecule has 0 aliphatic heterocycles. The van der Waals surface area contributed by atoms with Crippen LogP contribution in [0.4, 0.5) is 17.2 Å². The normalized spacial score (nSPS) is 9.93. The Labute approximate surface area is 167 Å². The number of nitrogens with one attached hydrogen (secondary N) is 2. The fourth-order valence-corrected chi connectivity index (χ4v) is 2.53. The van der Waals surface area contributed by atoms with Gasteiger partial charge in [0.05, 0.1) is 29.5 Å². The molecule has 2 N–H and O–H groups in total. The summed E-state index contributed by atoms with van der Waals surface area (Å²) in [6.45, 7) is 1.94. The molecule has 0 aliphatic carbocycles. The summed E-state index contributed by atoms with van der Waals surface area (Å²) in [7, 11) is 0. The molecule has 1 aromatic heterocycles. The van der Waals surface area contributed by atoms with Crippen LogP contribution < -0.4 is 10.6 Å². The molecule has 8 nitrogen and oxygen atoms in total. The number of anilines is 3. The average molecular weight is 387 g/mol. The molecule has 0 spiro atoms. The first-order valence-corrected chi connectivity index (χ1v) is 8.77. The van der Waals surface area contributed by atoms with Crippen molar-refractivity contribution in [3.63, 3.8) is 0 Å². The number of carbonyl (C=O) groups is 2. The zero-order valence-corrected chi connectivity index (χ0v) is 15.5. The van der Waals surface area contributed by atoms with E-state index in [-0.39, 0.29) is 17.9 Å². The summed E-state index contributed by atoms with van der Waals surface area (Å²) >= 11 is 0. The van der Waals surface area contributed by atoms with Gasteiger partial charge in [-0.05, 0) is 37.3 Å². The van der Waals surface area contributed by atoms with Gasteiger partial charge in [-0.15, -0.1) is 0 Å². The topological polar surface area (TPSA) is 117 Å². The molecular weight excluding hydrogens is 370 g/mol. The molecule has 0 fully saturated rings. The second kappa shape index (κ2) is 9.10. The highest BCUT2D eigenvalue weighted by Gasteiger charge is 2.16. The Bertz CT molecular complexity index is 1090. The zero-order valence-electron chi connectivity index (χ0n) is 15.5. The predicted molar refractivity (Wildman–Crippen MR) is 107 cm³/mol. The van der Waals surface area contributed by atoms with Crippen LogP contribution in [-0.4, -0.2) is 28.5 Å². The maximum absolute atomic E-state index is 12.6. The van der Waals surface area contributed by atoms with Crippen LogP contribution in [0.1, 0.15) is 33.3 Å². The maximum atomic E-state index is 12.6. The molecule has 3 aromatic rings. The molecule has 0 saturated carbocycles. The van der Waals surface area contributed by atoms with Gasteiger partial charge in [0, 0.05) is 11.8 Å². The second-order valence-electron chi connectivity index (χ2n) is 5.83. The van der Waals surface area contributed by atoms with Crippen LogP contribution in [0.3, 0.4) is 0 Å². The summed E-state index contributed by atoms with van der Waals surface area (Å²) in [6.07, 6.45) is 1.25. The third kappa shape index (κ3) is 4.93. The van der Waals surface area contributed by atoms with E-state index in [0.29, 0.717) is 22.8 Å². The van der Waals surface area contributed by atoms with Gasteiger partial charge in [-0.1, -0.05) is 18.2 Å². The Morgan fingerprint density at radius 3 is 2.72 bits per heavy atom. The smallest absolute Gasteiger partial charge is 0.340 e. The Kier molecular flexibility index (Phi) is 6.12. The maximum Gasteiger partial charge on any atom is 0.340 e. The minimum absolute atomic E-state index is 0.109. The molecule has 1 heterocycles. The standard InChI is InChI=1S/C21H17N5O3/c1-2-29-21(28)16-8-3-4-9-17(16)26-20(27)18-11-19(24-13-23-18)25-15-7-5-6-14(10-15)12-22/h3-11,13H,2H2,1H3,(H,26,27)(H,23,24,25). The minimum atomic E-state index is -0.522. The van der Waals surface area contributed by atoms with Gasteiger partial charge >= 0.3 is 5.97 Å². The van der Waals surface area contributed by atoms with E-state index in [4.69, 9.17) is 10.00 Å². The summed E-state index contributed by atoms with van der Waals surface area (Å²) < 4.78 is 5.01. The van der Waals surface area contributed by atoms with Gasteiger partial charge in [-0.3, -0.25) is 4.79 Å². The molecule has 0 radical (unpaired) electrons. The zero-order chi connectivity index (χ0) is 20.6. The minimum Gasteiger partial charge on any atom is -0.462 e. The average Bonchev–Trinajstić information content (AvgIpc) is 2.74. The van der Waals surface area contributed by atoms with E-state index in [9.17, 15) is 9.59 Å². The quantitative estimate of drug-likeness (QED) is 0.621. The van der Waals surface area contributed by atoms with Crippen LogP contribution in [-0.2, 0) is 4.74 Å². The van der Waals surface area contributed by atoms with Gasteiger partial charge in [0.15, 0.2) is 0 Å². The molecule has 1 amide bonds. The lowest BCUT2D eigenvalue weighted by Gasteiger charge is -2.11. The van der Waals surface area contributed by atoms with Gasteiger partial charge in [0.25, 0.3) is 5.91 Å². The number of ether oxygens (including phenoxy) is 1. The second-order valence-corrected chi connectivity index (χ2v) is 5.83. The van der Waals surface area contributed by atoms with E-state index >= 15 is 0 Å². The molecule has 3 rings (SSSR count). The molecule has 0 atom stereocenters. The highest BCUT2D eigenvalue weighted by molar-refractivity contribution is 6.07. The van der Waals surface area contributed by atoms with Crippen LogP contribution in [0.15, 0.2) is 60.9 Å². The van der Waals surface area contributed by atoms with Crippen LogP contribution in [0.5, 0.6) is 0 Å². The number of hydrogen-bond donors (Lipinski definition) is 2. The van der Waals surface area contributed by atoms with Crippen molar-refractivity contribution < 1.29 is 14.3 Å². The van der Waals surface area contributed by atoms with E-state index < -0.39 is 11.9 Å². The highest BCUT2D eigenvalue weighted by atomic mass is 16.5. The number of carbonyl (C=O) groups excluding carboxylic acids is 2. The van der Waals surface area contributed by atoms with Gasteiger partial charge in [0.2, 0.25) is 0 Å². The van der Waals surface area contributed by atoms with E-state index in [1.54, 1.807) is 55.5 Å². The molecule has 0 unspecified atom stereocenters. The highest BCUT2D eigenvalue weighted by Crippen LogP contribution is 2.19. The van der Waals surface area contributed by atoms with Crippen molar-refractivity contribution in [2.75, 3.05) is 17.2 Å². The monoisotopic (exact) mass is 387 g/mol. The molecule has 144 valence electrons. The first-order valence-electron chi connectivity index (χ1n) is 8.77. The van der Waals surface area contributed by atoms with Crippen molar-refractivity contribution in [1.29, 1.82) is 5.26 Å². The van der Waals surface area contributed by atoms with Crippen molar-refractivity contribution in [2.24, 2.45) is 0 Å². The van der Waals surface area contributed by atoms with Gasteiger partial charge in [-0.2, -0.15) is 5.26 Å². The first kappa shape index (κ1) is 19.5. The van der Waals surface area contributed by atoms with Crippen molar-refractivity contribution in [2.45, 2.75) is 6.92 Å². The van der Waals surface area contributed by atoms with Crippen molar-refractivity contribution in [3.8, 4) is 6.07 Å². The summed E-state index contributed by atoms with van der Waals surface area (Å²) in [5.74, 6) is -0.636. The molecular formula is C21H17N5O3. The third-order valence-electron chi connectivity index (χ3n) is 3.83. The largest absolute Gasteiger partial charge is 0.462 e. The number of para-hydroxylation sites is 1. The van der Waals surface area contributed by atoms with Crippen LogP contribution in [0.2, 0.25) is 0 Å². The third-order valence-corrected chi connectivity index (χ3v) is 3.83. The number of amides is 1. The Balaban J connectivity index is 1.78. The van der Waals surface area contributed by atoms with E-state index in [0.717, 1.165) is 0 Å².